The van der Waals surface area contributed by atoms with Crippen molar-refractivity contribution in [1.29, 1.82) is 0 Å². The van der Waals surface area contributed by atoms with E-state index < -0.39 is 0 Å². The first kappa shape index (κ1) is 28.4. The molecule has 0 bridgehead atoms. The van der Waals surface area contributed by atoms with Crippen molar-refractivity contribution >= 4 is 43.6 Å². The summed E-state index contributed by atoms with van der Waals surface area (Å²) in [5.74, 6) is 0. The third-order valence-electron chi connectivity index (χ3n) is 10.1. The molecule has 0 N–H and O–H groups in total. The molecule has 234 valence electrons. The van der Waals surface area contributed by atoms with E-state index in [4.69, 9.17) is 0 Å². The van der Waals surface area contributed by atoms with Crippen molar-refractivity contribution in [2.45, 2.75) is 0 Å². The van der Waals surface area contributed by atoms with Crippen LogP contribution in [0.1, 0.15) is 0 Å². The lowest BCUT2D eigenvalue weighted by molar-refractivity contribution is 1.18. The second-order valence-electron chi connectivity index (χ2n) is 12.9. The zero-order valence-corrected chi connectivity index (χ0v) is 27.4. The second-order valence-corrected chi connectivity index (χ2v) is 12.9. The number of benzene rings is 8. The van der Waals surface area contributed by atoms with E-state index in [1.165, 1.54) is 82.7 Å². The van der Waals surface area contributed by atoms with Crippen LogP contribution < -0.4 is 0 Å². The molecule has 0 saturated heterocycles. The van der Waals surface area contributed by atoms with Crippen LogP contribution in [0, 0.1) is 0 Å². The van der Waals surface area contributed by atoms with Gasteiger partial charge in [-0.25, -0.2) is 0 Å². The molecule has 2 heteroatoms. The van der Waals surface area contributed by atoms with E-state index >= 15 is 0 Å². The molecule has 0 aliphatic rings. The van der Waals surface area contributed by atoms with E-state index in [1.807, 2.05) is 0 Å². The predicted octanol–water partition coefficient (Wildman–Crippen LogP) is 12.9. The maximum absolute atomic E-state index is 2.48. The minimum Gasteiger partial charge on any atom is -0.309 e. The largest absolute Gasteiger partial charge is 0.309 e. The molecule has 0 unspecified atom stereocenters. The summed E-state index contributed by atoms with van der Waals surface area (Å²) in [6.45, 7) is 0. The van der Waals surface area contributed by atoms with Crippen molar-refractivity contribution < 1.29 is 0 Å². The highest BCUT2D eigenvalue weighted by molar-refractivity contribution is 6.12. The van der Waals surface area contributed by atoms with Crippen LogP contribution >= 0.6 is 0 Å². The summed E-state index contributed by atoms with van der Waals surface area (Å²) in [6.07, 6.45) is 0. The predicted molar refractivity (Wildman–Crippen MR) is 211 cm³/mol. The van der Waals surface area contributed by atoms with E-state index in [9.17, 15) is 0 Å². The molecule has 0 radical (unpaired) electrons. The average Bonchev–Trinajstić information content (AvgIpc) is 3.71. The van der Waals surface area contributed by atoms with Crippen molar-refractivity contribution in [1.82, 2.24) is 9.13 Å². The molecular weight excluding hydrogens is 605 g/mol. The normalized spacial score (nSPS) is 11.6. The van der Waals surface area contributed by atoms with E-state index in [1.54, 1.807) is 0 Å². The van der Waals surface area contributed by atoms with Crippen LogP contribution in [0.4, 0.5) is 0 Å². The molecule has 0 spiro atoms. The van der Waals surface area contributed by atoms with E-state index in [2.05, 4.69) is 203 Å². The first-order chi connectivity index (χ1) is 24.8. The van der Waals surface area contributed by atoms with Crippen LogP contribution in [0.25, 0.3) is 88.4 Å². The molecule has 0 amide bonds. The Hall–Kier alpha value is -6.64. The zero-order chi connectivity index (χ0) is 33.0. The summed E-state index contributed by atoms with van der Waals surface area (Å²) < 4.78 is 4.85. The standard InChI is InChI=1S/C48H32N2/c1-3-14-34(15-4-1)38-21-13-22-39(35-16-5-2-6-17-35)48(38)50-46-25-12-9-20-42(46)43-32-36(28-31-47(43)50)33-26-29-37(30-27-33)49-44-23-10-7-18-40(44)41-19-8-11-24-45(41)49/h1-32H. The lowest BCUT2D eigenvalue weighted by Gasteiger charge is -2.19. The molecule has 0 fully saturated rings. The van der Waals surface area contributed by atoms with Crippen molar-refractivity contribution in [3.8, 4) is 44.8 Å². The van der Waals surface area contributed by atoms with Gasteiger partial charge in [-0.15, -0.1) is 0 Å². The molecule has 10 aromatic rings. The third-order valence-corrected chi connectivity index (χ3v) is 10.1. The SMILES string of the molecule is c1ccc(-c2cccc(-c3ccccc3)c2-n2c3ccccc3c3cc(-c4ccc(-n5c6ccccc6c6ccccc65)cc4)ccc32)cc1. The maximum Gasteiger partial charge on any atom is 0.0618 e. The first-order valence-corrected chi connectivity index (χ1v) is 17.2. The Morgan fingerprint density at radius 2 is 0.700 bits per heavy atom. The maximum atomic E-state index is 2.48. The third kappa shape index (κ3) is 4.43. The minimum atomic E-state index is 1.16. The average molecular weight is 637 g/mol. The van der Waals surface area contributed by atoms with Gasteiger partial charge in [0.05, 0.1) is 27.8 Å². The molecule has 0 aliphatic carbocycles. The number of hydrogen-bond acceptors (Lipinski definition) is 0. The van der Waals surface area contributed by atoms with Gasteiger partial charge in [0.15, 0.2) is 0 Å². The summed E-state index contributed by atoms with van der Waals surface area (Å²) in [7, 11) is 0. The number of para-hydroxylation sites is 4. The van der Waals surface area contributed by atoms with Crippen molar-refractivity contribution in [2.24, 2.45) is 0 Å². The summed E-state index contributed by atoms with van der Waals surface area (Å²) >= 11 is 0. The molecule has 2 heterocycles. The van der Waals surface area contributed by atoms with Crippen LogP contribution in [-0.4, -0.2) is 9.13 Å². The fourth-order valence-corrected chi connectivity index (χ4v) is 7.88. The second kappa shape index (κ2) is 11.5. The highest BCUT2D eigenvalue weighted by atomic mass is 15.0. The van der Waals surface area contributed by atoms with Gasteiger partial charge in [0.25, 0.3) is 0 Å². The molecule has 0 aliphatic heterocycles. The fourth-order valence-electron chi connectivity index (χ4n) is 7.88. The van der Waals surface area contributed by atoms with Crippen molar-refractivity contribution in [3.63, 3.8) is 0 Å². The summed E-state index contributed by atoms with van der Waals surface area (Å²) in [4.78, 5) is 0. The van der Waals surface area contributed by atoms with Gasteiger partial charge in [-0.1, -0.05) is 152 Å². The number of fused-ring (bicyclic) bond motifs is 6. The smallest absolute Gasteiger partial charge is 0.0618 e. The van der Waals surface area contributed by atoms with Gasteiger partial charge in [0, 0.05) is 38.4 Å². The highest BCUT2D eigenvalue weighted by Gasteiger charge is 2.20. The Morgan fingerprint density at radius 3 is 1.26 bits per heavy atom. The lowest BCUT2D eigenvalue weighted by atomic mass is 9.95. The molecule has 0 saturated carbocycles. The number of rotatable bonds is 5. The molecule has 2 aromatic heterocycles. The molecule has 10 rings (SSSR count). The Balaban J connectivity index is 1.16. The number of aromatic nitrogens is 2. The van der Waals surface area contributed by atoms with E-state index in [0.717, 1.165) is 5.69 Å². The van der Waals surface area contributed by atoms with Gasteiger partial charge in [-0.2, -0.15) is 0 Å². The van der Waals surface area contributed by atoms with Crippen molar-refractivity contribution in [3.05, 3.63) is 194 Å². The van der Waals surface area contributed by atoms with Crippen LogP contribution in [0.5, 0.6) is 0 Å². The molecule has 2 nitrogen and oxygen atoms in total. The van der Waals surface area contributed by atoms with Gasteiger partial charge in [-0.3, -0.25) is 0 Å². The van der Waals surface area contributed by atoms with E-state index in [-0.39, 0.29) is 0 Å². The summed E-state index contributed by atoms with van der Waals surface area (Å²) in [5, 5.41) is 5.04. The van der Waals surface area contributed by atoms with Crippen LogP contribution in [0.3, 0.4) is 0 Å². The summed E-state index contributed by atoms with van der Waals surface area (Å²) in [6, 6.07) is 70.4. The van der Waals surface area contributed by atoms with Gasteiger partial charge in [0.1, 0.15) is 0 Å². The van der Waals surface area contributed by atoms with Crippen LogP contribution in [0.2, 0.25) is 0 Å². The molecule has 8 aromatic carbocycles. The number of hydrogen-bond donors (Lipinski definition) is 0. The fraction of sp³-hybridized carbons (Fsp3) is 0. The highest BCUT2D eigenvalue weighted by Crippen LogP contribution is 2.42. The topological polar surface area (TPSA) is 9.86 Å². The van der Waals surface area contributed by atoms with Crippen LogP contribution in [0.15, 0.2) is 194 Å². The monoisotopic (exact) mass is 636 g/mol. The first-order valence-electron chi connectivity index (χ1n) is 17.2. The van der Waals surface area contributed by atoms with Gasteiger partial charge >= 0.3 is 0 Å². The number of nitrogens with zero attached hydrogens (tertiary/aromatic N) is 2. The van der Waals surface area contributed by atoms with Crippen LogP contribution in [-0.2, 0) is 0 Å². The zero-order valence-electron chi connectivity index (χ0n) is 27.4. The van der Waals surface area contributed by atoms with Gasteiger partial charge < -0.3 is 9.13 Å². The Morgan fingerprint density at radius 1 is 0.260 bits per heavy atom. The summed E-state index contributed by atoms with van der Waals surface area (Å²) in [5.41, 5.74) is 14.4. The van der Waals surface area contributed by atoms with Gasteiger partial charge in [0.2, 0.25) is 0 Å². The molecule has 50 heavy (non-hydrogen) atoms. The Bertz CT molecular complexity index is 2730. The molecular formula is C48H32N2. The molecule has 0 atom stereocenters. The minimum absolute atomic E-state index is 1.16. The Kier molecular flexibility index (Phi) is 6.53. The van der Waals surface area contributed by atoms with E-state index in [0.29, 0.717) is 0 Å². The van der Waals surface area contributed by atoms with Crippen molar-refractivity contribution in [2.75, 3.05) is 0 Å². The van der Waals surface area contributed by atoms with Gasteiger partial charge in [-0.05, 0) is 64.7 Å². The lowest BCUT2D eigenvalue weighted by Crippen LogP contribution is -2.00. The Labute approximate surface area is 290 Å². The quantitative estimate of drug-likeness (QED) is 0.178.